The fraction of sp³-hybridized carbons (Fsp3) is 0.385. The minimum Gasteiger partial charge on any atom is -0.462 e. The molecular formula is C13H15BrN2O2. The SMILES string of the molecule is CC(C)(C#N)CCOC(=O)c1cc(N)cc(Br)c1. The third-order valence-corrected chi connectivity index (χ3v) is 2.88. The van der Waals surface area contributed by atoms with Gasteiger partial charge in [-0.05, 0) is 38.5 Å². The Morgan fingerprint density at radius 3 is 2.72 bits per heavy atom. The second kappa shape index (κ2) is 5.87. The summed E-state index contributed by atoms with van der Waals surface area (Å²) in [6.07, 6.45) is 0.499. The molecule has 0 atom stereocenters. The number of anilines is 1. The number of nitrogen functional groups attached to an aromatic ring is 1. The van der Waals surface area contributed by atoms with Crippen LogP contribution in [0.4, 0.5) is 5.69 Å². The lowest BCUT2D eigenvalue weighted by Gasteiger charge is -2.14. The average molecular weight is 311 g/mol. The molecule has 0 spiro atoms. The molecule has 0 heterocycles. The number of carbonyl (C=O) groups is 1. The number of nitrogens with two attached hydrogens (primary N) is 1. The van der Waals surface area contributed by atoms with Crippen molar-refractivity contribution in [3.8, 4) is 6.07 Å². The first kappa shape index (κ1) is 14.5. The van der Waals surface area contributed by atoms with Crippen molar-refractivity contribution in [1.82, 2.24) is 0 Å². The normalized spacial score (nSPS) is 10.8. The van der Waals surface area contributed by atoms with Crippen LogP contribution < -0.4 is 5.73 Å². The number of nitriles is 1. The van der Waals surface area contributed by atoms with Crippen LogP contribution in [0.25, 0.3) is 0 Å². The number of esters is 1. The van der Waals surface area contributed by atoms with E-state index in [2.05, 4.69) is 22.0 Å². The summed E-state index contributed by atoms with van der Waals surface area (Å²) in [5, 5.41) is 8.84. The average Bonchev–Trinajstić information content (AvgIpc) is 2.27. The largest absolute Gasteiger partial charge is 0.462 e. The summed E-state index contributed by atoms with van der Waals surface area (Å²) in [4.78, 5) is 11.7. The summed E-state index contributed by atoms with van der Waals surface area (Å²) in [5.74, 6) is -0.434. The van der Waals surface area contributed by atoms with E-state index in [-0.39, 0.29) is 6.61 Å². The monoisotopic (exact) mass is 310 g/mol. The molecule has 0 aromatic heterocycles. The molecule has 0 aliphatic heterocycles. The molecule has 96 valence electrons. The van der Waals surface area contributed by atoms with E-state index >= 15 is 0 Å². The molecule has 0 radical (unpaired) electrons. The number of rotatable bonds is 4. The summed E-state index contributed by atoms with van der Waals surface area (Å²) in [6.45, 7) is 3.82. The highest BCUT2D eigenvalue weighted by molar-refractivity contribution is 9.10. The number of nitrogens with zero attached hydrogens (tertiary/aromatic N) is 1. The predicted octanol–water partition coefficient (Wildman–Crippen LogP) is 3.13. The van der Waals surface area contributed by atoms with Crippen LogP contribution in [0.5, 0.6) is 0 Å². The highest BCUT2D eigenvalue weighted by Gasteiger charge is 2.17. The van der Waals surface area contributed by atoms with Gasteiger partial charge in [0, 0.05) is 10.2 Å². The zero-order chi connectivity index (χ0) is 13.8. The van der Waals surface area contributed by atoms with Crippen LogP contribution in [-0.4, -0.2) is 12.6 Å². The molecule has 0 saturated heterocycles. The van der Waals surface area contributed by atoms with Crippen LogP contribution in [0.2, 0.25) is 0 Å². The Hall–Kier alpha value is -1.54. The number of halogens is 1. The quantitative estimate of drug-likeness (QED) is 0.684. The van der Waals surface area contributed by atoms with Gasteiger partial charge in [0.15, 0.2) is 0 Å². The maximum atomic E-state index is 11.7. The lowest BCUT2D eigenvalue weighted by Crippen LogP contribution is -2.14. The van der Waals surface area contributed by atoms with Gasteiger partial charge >= 0.3 is 5.97 Å². The summed E-state index contributed by atoms with van der Waals surface area (Å²) in [6, 6.07) is 7.06. The third-order valence-electron chi connectivity index (χ3n) is 2.42. The van der Waals surface area contributed by atoms with Gasteiger partial charge in [-0.3, -0.25) is 0 Å². The summed E-state index contributed by atoms with van der Waals surface area (Å²) in [7, 11) is 0. The number of hydrogen-bond donors (Lipinski definition) is 1. The second-order valence-corrected chi connectivity index (χ2v) is 5.57. The van der Waals surface area contributed by atoms with Crippen molar-refractivity contribution in [2.24, 2.45) is 5.41 Å². The van der Waals surface area contributed by atoms with Crippen molar-refractivity contribution < 1.29 is 9.53 Å². The maximum absolute atomic E-state index is 11.7. The number of carbonyl (C=O) groups excluding carboxylic acids is 1. The van der Waals surface area contributed by atoms with E-state index in [1.807, 2.05) is 0 Å². The Bertz CT molecular complexity index is 472. The molecule has 1 rings (SSSR count). The number of benzene rings is 1. The first-order valence-corrected chi connectivity index (χ1v) is 6.28. The van der Waals surface area contributed by atoms with E-state index in [0.29, 0.717) is 17.7 Å². The van der Waals surface area contributed by atoms with Crippen LogP contribution in [0.3, 0.4) is 0 Å². The van der Waals surface area contributed by atoms with Crippen LogP contribution in [0.15, 0.2) is 22.7 Å². The predicted molar refractivity (Wildman–Crippen MR) is 72.8 cm³/mol. The van der Waals surface area contributed by atoms with Crippen molar-refractivity contribution in [2.75, 3.05) is 12.3 Å². The fourth-order valence-corrected chi connectivity index (χ4v) is 1.78. The van der Waals surface area contributed by atoms with Crippen molar-refractivity contribution in [2.45, 2.75) is 20.3 Å². The first-order valence-electron chi connectivity index (χ1n) is 5.48. The minimum absolute atomic E-state index is 0.214. The molecule has 0 aliphatic carbocycles. The smallest absolute Gasteiger partial charge is 0.338 e. The van der Waals surface area contributed by atoms with Crippen LogP contribution in [-0.2, 0) is 4.74 Å². The first-order chi connectivity index (χ1) is 8.34. The Kier molecular flexibility index (Phi) is 4.74. The van der Waals surface area contributed by atoms with Crippen molar-refractivity contribution in [1.29, 1.82) is 5.26 Å². The van der Waals surface area contributed by atoms with Gasteiger partial charge in [-0.15, -0.1) is 0 Å². The Morgan fingerprint density at radius 2 is 2.17 bits per heavy atom. The van der Waals surface area contributed by atoms with E-state index < -0.39 is 11.4 Å². The fourth-order valence-electron chi connectivity index (χ4n) is 1.27. The topological polar surface area (TPSA) is 76.1 Å². The van der Waals surface area contributed by atoms with Gasteiger partial charge in [0.05, 0.1) is 23.7 Å². The Morgan fingerprint density at radius 1 is 1.50 bits per heavy atom. The summed E-state index contributed by atoms with van der Waals surface area (Å²) < 4.78 is 5.84. The molecule has 0 saturated carbocycles. The molecule has 0 fully saturated rings. The highest BCUT2D eigenvalue weighted by atomic mass is 79.9. The third kappa shape index (κ3) is 4.38. The van der Waals surface area contributed by atoms with Crippen molar-refractivity contribution in [3.63, 3.8) is 0 Å². The number of ether oxygens (including phenoxy) is 1. The standard InChI is InChI=1S/C13H15BrN2O2/c1-13(2,8-15)3-4-18-12(17)9-5-10(14)7-11(16)6-9/h5-7H,3-4,16H2,1-2H3. The summed E-state index contributed by atoms with van der Waals surface area (Å²) in [5.41, 5.74) is 6.04. The van der Waals surface area contributed by atoms with E-state index in [1.165, 1.54) is 0 Å². The van der Waals surface area contributed by atoms with Crippen molar-refractivity contribution in [3.05, 3.63) is 28.2 Å². The van der Waals surface area contributed by atoms with Gasteiger partial charge in [0.2, 0.25) is 0 Å². The zero-order valence-electron chi connectivity index (χ0n) is 10.4. The minimum atomic E-state index is -0.490. The lowest BCUT2D eigenvalue weighted by atomic mass is 9.92. The maximum Gasteiger partial charge on any atom is 0.338 e. The number of hydrogen-bond acceptors (Lipinski definition) is 4. The van der Waals surface area contributed by atoms with E-state index in [4.69, 9.17) is 15.7 Å². The van der Waals surface area contributed by atoms with E-state index in [9.17, 15) is 4.79 Å². The van der Waals surface area contributed by atoms with E-state index in [0.717, 1.165) is 4.47 Å². The molecular weight excluding hydrogens is 296 g/mol. The molecule has 5 heteroatoms. The molecule has 0 unspecified atom stereocenters. The van der Waals surface area contributed by atoms with Crippen LogP contribution in [0.1, 0.15) is 30.6 Å². The molecule has 1 aromatic rings. The molecule has 0 amide bonds. The molecule has 0 aliphatic rings. The lowest BCUT2D eigenvalue weighted by molar-refractivity contribution is 0.0475. The van der Waals surface area contributed by atoms with Crippen LogP contribution in [0, 0.1) is 16.7 Å². The molecule has 0 bridgehead atoms. The van der Waals surface area contributed by atoms with Gasteiger partial charge in [-0.25, -0.2) is 4.79 Å². The van der Waals surface area contributed by atoms with Crippen molar-refractivity contribution >= 4 is 27.6 Å². The summed E-state index contributed by atoms with van der Waals surface area (Å²) >= 11 is 3.26. The second-order valence-electron chi connectivity index (χ2n) is 4.65. The van der Waals surface area contributed by atoms with Gasteiger partial charge in [0.25, 0.3) is 0 Å². The van der Waals surface area contributed by atoms with Gasteiger partial charge in [-0.1, -0.05) is 15.9 Å². The molecule has 4 nitrogen and oxygen atoms in total. The van der Waals surface area contributed by atoms with Gasteiger partial charge < -0.3 is 10.5 Å². The van der Waals surface area contributed by atoms with Gasteiger partial charge in [0.1, 0.15) is 0 Å². The van der Waals surface area contributed by atoms with Crippen LogP contribution >= 0.6 is 15.9 Å². The molecule has 2 N–H and O–H groups in total. The van der Waals surface area contributed by atoms with Gasteiger partial charge in [-0.2, -0.15) is 5.26 Å². The Labute approximate surface area is 115 Å². The highest BCUT2D eigenvalue weighted by Crippen LogP contribution is 2.20. The molecule has 18 heavy (non-hydrogen) atoms. The Balaban J connectivity index is 2.59. The zero-order valence-corrected chi connectivity index (χ0v) is 12.0. The van der Waals surface area contributed by atoms with E-state index in [1.54, 1.807) is 32.0 Å². The molecule has 1 aromatic carbocycles.